The van der Waals surface area contributed by atoms with Gasteiger partial charge in [0.25, 0.3) is 17.7 Å². The van der Waals surface area contributed by atoms with Gasteiger partial charge in [0.05, 0.1) is 22.8 Å². The van der Waals surface area contributed by atoms with Gasteiger partial charge in [0.2, 0.25) is 0 Å². The highest BCUT2D eigenvalue weighted by molar-refractivity contribution is 9.11. The Balaban J connectivity index is 1.61. The number of halogens is 3. The van der Waals surface area contributed by atoms with Crippen LogP contribution in [-0.2, 0) is 19.1 Å². The van der Waals surface area contributed by atoms with Gasteiger partial charge in [-0.15, -0.1) is 0 Å². The molecule has 0 atom stereocenters. The summed E-state index contributed by atoms with van der Waals surface area (Å²) in [6, 6.07) is 12.9. The zero-order valence-corrected chi connectivity index (χ0v) is 25.3. The molecule has 2 N–H and O–H groups in total. The summed E-state index contributed by atoms with van der Waals surface area (Å²) >= 11 is 12.9. The number of benzene rings is 3. The highest BCUT2D eigenvalue weighted by Gasteiger charge is 2.37. The fourth-order valence-corrected chi connectivity index (χ4v) is 5.31. The van der Waals surface area contributed by atoms with Gasteiger partial charge in [-0.3, -0.25) is 19.7 Å². The Morgan fingerprint density at radius 2 is 1.76 bits per heavy atom. The zero-order chi connectivity index (χ0) is 29.8. The van der Waals surface area contributed by atoms with Crippen molar-refractivity contribution >= 4 is 90.6 Å². The first-order valence-corrected chi connectivity index (χ1v) is 13.7. The molecule has 1 heterocycles. The van der Waals surface area contributed by atoms with Crippen LogP contribution in [0.1, 0.15) is 21.5 Å². The minimum absolute atomic E-state index is 0.123. The van der Waals surface area contributed by atoms with Crippen molar-refractivity contribution in [2.45, 2.75) is 6.92 Å². The summed E-state index contributed by atoms with van der Waals surface area (Å²) in [4.78, 5) is 63.8. The molecule has 0 radical (unpaired) electrons. The van der Waals surface area contributed by atoms with Gasteiger partial charge in [0.15, 0.2) is 6.61 Å². The van der Waals surface area contributed by atoms with Gasteiger partial charge < -0.3 is 14.8 Å². The Bertz CT molecular complexity index is 1620. The number of anilines is 2. The van der Waals surface area contributed by atoms with Gasteiger partial charge in [-0.25, -0.2) is 14.5 Å². The Kier molecular flexibility index (Phi) is 9.26. The van der Waals surface area contributed by atoms with Gasteiger partial charge in [-0.05, 0) is 83.0 Å². The number of nitrogens with one attached hydrogen (secondary N) is 2. The van der Waals surface area contributed by atoms with E-state index >= 15 is 0 Å². The van der Waals surface area contributed by atoms with E-state index in [2.05, 4.69) is 47.2 Å². The van der Waals surface area contributed by atoms with Crippen LogP contribution in [0.3, 0.4) is 0 Å². The van der Waals surface area contributed by atoms with Crippen molar-refractivity contribution < 1.29 is 33.4 Å². The molecule has 1 saturated heterocycles. The molecule has 1 aliphatic rings. The van der Waals surface area contributed by atoms with Gasteiger partial charge in [0, 0.05) is 20.7 Å². The molecule has 0 saturated carbocycles. The molecular weight excluding hydrogens is 686 g/mol. The molecule has 0 aromatic heterocycles. The summed E-state index contributed by atoms with van der Waals surface area (Å²) in [5.41, 5.74) is 1.58. The molecular formula is C28H20Br2ClN3O7. The van der Waals surface area contributed by atoms with E-state index in [0.29, 0.717) is 19.7 Å². The van der Waals surface area contributed by atoms with Crippen molar-refractivity contribution in [1.29, 1.82) is 0 Å². The van der Waals surface area contributed by atoms with Crippen LogP contribution in [0.2, 0.25) is 5.02 Å². The molecule has 13 heteroatoms. The smallest absolute Gasteiger partial charge is 0.337 e. The van der Waals surface area contributed by atoms with Crippen LogP contribution in [0.25, 0.3) is 6.08 Å². The highest BCUT2D eigenvalue weighted by Crippen LogP contribution is 2.35. The first-order valence-electron chi connectivity index (χ1n) is 11.8. The van der Waals surface area contributed by atoms with Crippen LogP contribution >= 0.6 is 43.5 Å². The minimum atomic E-state index is -0.956. The maximum Gasteiger partial charge on any atom is 0.337 e. The van der Waals surface area contributed by atoms with Crippen molar-refractivity contribution in [3.05, 3.63) is 90.8 Å². The summed E-state index contributed by atoms with van der Waals surface area (Å²) in [6.07, 6.45) is 1.25. The van der Waals surface area contributed by atoms with Crippen molar-refractivity contribution in [2.75, 3.05) is 23.9 Å². The third-order valence-corrected chi connectivity index (χ3v) is 7.24. The molecule has 0 bridgehead atoms. The van der Waals surface area contributed by atoms with E-state index in [0.717, 1.165) is 10.5 Å². The number of carbonyl (C=O) groups excluding carboxylic acids is 5. The number of aryl methyl sites for hydroxylation is 1. The van der Waals surface area contributed by atoms with Gasteiger partial charge in [-0.1, -0.05) is 33.6 Å². The molecule has 1 fully saturated rings. The molecule has 10 nitrogen and oxygen atoms in total. The van der Waals surface area contributed by atoms with E-state index < -0.39 is 36.3 Å². The molecule has 0 unspecified atom stereocenters. The van der Waals surface area contributed by atoms with Crippen LogP contribution in [-0.4, -0.2) is 43.4 Å². The number of amides is 5. The second kappa shape index (κ2) is 12.7. The summed E-state index contributed by atoms with van der Waals surface area (Å²) in [5.74, 6) is -2.72. The van der Waals surface area contributed by atoms with Crippen LogP contribution < -0.4 is 20.3 Å². The van der Waals surface area contributed by atoms with Gasteiger partial charge in [0.1, 0.15) is 11.3 Å². The highest BCUT2D eigenvalue weighted by atomic mass is 79.9. The van der Waals surface area contributed by atoms with Crippen molar-refractivity contribution in [1.82, 2.24) is 5.32 Å². The molecule has 4 rings (SSSR count). The SMILES string of the molecule is COC(=O)c1ccc(N2C(=O)NC(=O)/C(=C/c3cc(Br)cc(Br)c3OCC(=O)Nc3ccc(C)c(Cl)c3)C2=O)cc1. The number of rotatable bonds is 7. The Morgan fingerprint density at radius 1 is 1.05 bits per heavy atom. The Hall–Kier alpha value is -4.00. The number of esters is 1. The Morgan fingerprint density at radius 3 is 2.41 bits per heavy atom. The van der Waals surface area contributed by atoms with Crippen molar-refractivity contribution in [3.8, 4) is 5.75 Å². The average Bonchev–Trinajstić information content (AvgIpc) is 2.92. The lowest BCUT2D eigenvalue weighted by atomic mass is 10.1. The number of imide groups is 2. The third kappa shape index (κ3) is 6.84. The van der Waals surface area contributed by atoms with E-state index in [4.69, 9.17) is 16.3 Å². The molecule has 41 heavy (non-hydrogen) atoms. The number of methoxy groups -OCH3 is 1. The Labute approximate surface area is 255 Å². The first-order chi connectivity index (χ1) is 19.5. The van der Waals surface area contributed by atoms with E-state index in [1.807, 2.05) is 6.92 Å². The van der Waals surface area contributed by atoms with E-state index in [1.165, 1.54) is 37.5 Å². The number of barbiturate groups is 1. The van der Waals surface area contributed by atoms with Crippen LogP contribution in [0, 0.1) is 6.92 Å². The second-order valence-corrected chi connectivity index (χ2v) is 10.8. The number of ether oxygens (including phenoxy) is 2. The largest absolute Gasteiger partial charge is 0.482 e. The predicted octanol–water partition coefficient (Wildman–Crippen LogP) is 5.64. The standard InChI is InChI=1S/C28H20Br2ClN3O7/c1-14-3-6-18(12-22(14)31)32-23(35)13-41-24-16(9-17(29)11-21(24)30)10-20-25(36)33-28(39)34(26(20)37)19-7-4-15(5-8-19)27(38)40-2/h3-12H,13H2,1-2H3,(H,32,35)(H,33,36,39)/b20-10-. The normalized spacial score (nSPS) is 14.1. The van der Waals surface area contributed by atoms with Crippen molar-refractivity contribution in [2.24, 2.45) is 0 Å². The zero-order valence-electron chi connectivity index (χ0n) is 21.4. The predicted molar refractivity (Wildman–Crippen MR) is 159 cm³/mol. The lowest BCUT2D eigenvalue weighted by molar-refractivity contribution is -0.122. The molecule has 0 aliphatic carbocycles. The minimum Gasteiger partial charge on any atom is -0.482 e. The summed E-state index contributed by atoms with van der Waals surface area (Å²) in [5, 5.41) is 5.33. The molecule has 0 spiro atoms. The number of hydrogen-bond acceptors (Lipinski definition) is 7. The molecule has 3 aromatic rings. The lowest BCUT2D eigenvalue weighted by Gasteiger charge is -2.26. The summed E-state index contributed by atoms with van der Waals surface area (Å²) < 4.78 is 11.5. The molecule has 210 valence electrons. The summed E-state index contributed by atoms with van der Waals surface area (Å²) in [7, 11) is 1.23. The third-order valence-electron chi connectivity index (χ3n) is 5.79. The summed E-state index contributed by atoms with van der Waals surface area (Å²) in [6.45, 7) is 1.44. The van der Waals surface area contributed by atoms with E-state index in [9.17, 15) is 24.0 Å². The van der Waals surface area contributed by atoms with Gasteiger partial charge in [-0.2, -0.15) is 0 Å². The first kappa shape index (κ1) is 30.0. The second-order valence-electron chi connectivity index (χ2n) is 8.60. The van der Waals surface area contributed by atoms with E-state index in [-0.39, 0.29) is 28.1 Å². The monoisotopic (exact) mass is 703 g/mol. The van der Waals surface area contributed by atoms with Crippen LogP contribution in [0.5, 0.6) is 5.75 Å². The quantitative estimate of drug-likeness (QED) is 0.185. The lowest BCUT2D eigenvalue weighted by Crippen LogP contribution is -2.54. The van der Waals surface area contributed by atoms with Crippen molar-refractivity contribution in [3.63, 3.8) is 0 Å². The molecule has 5 amide bonds. The number of urea groups is 1. The average molecular weight is 706 g/mol. The number of hydrogen-bond donors (Lipinski definition) is 2. The molecule has 1 aliphatic heterocycles. The van der Waals surface area contributed by atoms with E-state index in [1.54, 1.807) is 30.3 Å². The van der Waals surface area contributed by atoms with Gasteiger partial charge >= 0.3 is 12.0 Å². The maximum absolute atomic E-state index is 13.4. The number of carbonyl (C=O) groups is 5. The topological polar surface area (TPSA) is 131 Å². The maximum atomic E-state index is 13.4. The van der Waals surface area contributed by atoms with Crippen LogP contribution in [0.15, 0.2) is 69.1 Å². The fourth-order valence-electron chi connectivity index (χ4n) is 3.76. The van der Waals surface area contributed by atoms with Crippen LogP contribution in [0.4, 0.5) is 16.2 Å². The number of nitrogens with zero attached hydrogens (tertiary/aromatic N) is 1. The molecule has 3 aromatic carbocycles. The fraction of sp³-hybridized carbons (Fsp3) is 0.107.